The quantitative estimate of drug-likeness (QED) is 0.808. The molecule has 0 heterocycles. The Morgan fingerprint density at radius 3 is 2.60 bits per heavy atom. The standard InChI is InChI=1S/C12H18FNO/c1-9(8-15-3)14-10(2)11-6-4-5-7-12(11)13/h4-7,9-10,14H,8H2,1-3H3/t9-,10+/m1/s1. The lowest BCUT2D eigenvalue weighted by Gasteiger charge is -2.20. The Labute approximate surface area is 90.4 Å². The molecule has 2 atom stereocenters. The van der Waals surface area contributed by atoms with Crippen LogP contribution in [0.4, 0.5) is 4.39 Å². The summed E-state index contributed by atoms with van der Waals surface area (Å²) in [5.41, 5.74) is 0.695. The predicted molar refractivity (Wildman–Crippen MR) is 59.3 cm³/mol. The maximum absolute atomic E-state index is 13.4. The zero-order valence-electron chi connectivity index (χ0n) is 9.46. The number of rotatable bonds is 5. The maximum Gasteiger partial charge on any atom is 0.127 e. The van der Waals surface area contributed by atoms with Crippen LogP contribution in [0.25, 0.3) is 0 Å². The summed E-state index contributed by atoms with van der Waals surface area (Å²) < 4.78 is 18.4. The summed E-state index contributed by atoms with van der Waals surface area (Å²) >= 11 is 0. The van der Waals surface area contributed by atoms with Crippen molar-refractivity contribution >= 4 is 0 Å². The van der Waals surface area contributed by atoms with Gasteiger partial charge < -0.3 is 10.1 Å². The molecule has 1 N–H and O–H groups in total. The molecule has 0 fully saturated rings. The average Bonchev–Trinajstić information content (AvgIpc) is 2.18. The van der Waals surface area contributed by atoms with Crippen molar-refractivity contribution in [2.24, 2.45) is 0 Å². The molecule has 1 rings (SSSR count). The van der Waals surface area contributed by atoms with Gasteiger partial charge in [-0.05, 0) is 19.9 Å². The molecular weight excluding hydrogens is 193 g/mol. The van der Waals surface area contributed by atoms with Crippen LogP contribution in [-0.4, -0.2) is 19.8 Å². The summed E-state index contributed by atoms with van der Waals surface area (Å²) in [5, 5.41) is 3.27. The predicted octanol–water partition coefficient (Wildman–Crippen LogP) is 2.51. The van der Waals surface area contributed by atoms with Crippen molar-refractivity contribution < 1.29 is 9.13 Å². The second kappa shape index (κ2) is 5.83. The highest BCUT2D eigenvalue weighted by Gasteiger charge is 2.12. The molecule has 3 heteroatoms. The van der Waals surface area contributed by atoms with E-state index in [0.29, 0.717) is 12.2 Å². The fourth-order valence-electron chi connectivity index (χ4n) is 1.64. The van der Waals surface area contributed by atoms with Crippen molar-refractivity contribution in [1.29, 1.82) is 0 Å². The Morgan fingerprint density at radius 1 is 1.33 bits per heavy atom. The second-order valence-corrected chi connectivity index (χ2v) is 3.77. The van der Waals surface area contributed by atoms with Crippen LogP contribution in [0.2, 0.25) is 0 Å². The zero-order valence-corrected chi connectivity index (χ0v) is 9.46. The van der Waals surface area contributed by atoms with Crippen molar-refractivity contribution in [3.8, 4) is 0 Å². The minimum absolute atomic E-state index is 0.00338. The fraction of sp³-hybridized carbons (Fsp3) is 0.500. The SMILES string of the molecule is COC[C@@H](C)N[C@@H](C)c1ccccc1F. The van der Waals surface area contributed by atoms with Crippen LogP contribution in [0.5, 0.6) is 0 Å². The second-order valence-electron chi connectivity index (χ2n) is 3.77. The van der Waals surface area contributed by atoms with Gasteiger partial charge in [0.2, 0.25) is 0 Å². The van der Waals surface area contributed by atoms with E-state index in [1.165, 1.54) is 6.07 Å². The molecule has 2 nitrogen and oxygen atoms in total. The molecule has 0 radical (unpaired) electrons. The van der Waals surface area contributed by atoms with Gasteiger partial charge in [0.1, 0.15) is 5.82 Å². The summed E-state index contributed by atoms with van der Waals surface area (Å²) in [4.78, 5) is 0. The first kappa shape index (κ1) is 12.1. The van der Waals surface area contributed by atoms with Gasteiger partial charge in [0.15, 0.2) is 0 Å². The number of methoxy groups -OCH3 is 1. The van der Waals surface area contributed by atoms with Crippen LogP contribution in [0.1, 0.15) is 25.5 Å². The molecule has 0 saturated carbocycles. The van der Waals surface area contributed by atoms with Crippen molar-refractivity contribution in [2.45, 2.75) is 25.9 Å². The third-order valence-electron chi connectivity index (χ3n) is 2.32. The summed E-state index contributed by atoms with van der Waals surface area (Å²) in [7, 11) is 1.66. The third kappa shape index (κ3) is 3.61. The number of benzene rings is 1. The summed E-state index contributed by atoms with van der Waals surface area (Å²) in [5.74, 6) is -0.165. The highest BCUT2D eigenvalue weighted by molar-refractivity contribution is 5.20. The molecular formula is C12H18FNO. The highest BCUT2D eigenvalue weighted by Crippen LogP contribution is 2.16. The van der Waals surface area contributed by atoms with Gasteiger partial charge in [0, 0.05) is 24.8 Å². The van der Waals surface area contributed by atoms with E-state index in [4.69, 9.17) is 4.74 Å². The van der Waals surface area contributed by atoms with E-state index in [9.17, 15) is 4.39 Å². The van der Waals surface area contributed by atoms with E-state index < -0.39 is 0 Å². The molecule has 0 spiro atoms. The van der Waals surface area contributed by atoms with Crippen LogP contribution < -0.4 is 5.32 Å². The van der Waals surface area contributed by atoms with Gasteiger partial charge in [-0.25, -0.2) is 4.39 Å². The van der Waals surface area contributed by atoms with Crippen LogP contribution in [0.15, 0.2) is 24.3 Å². The van der Waals surface area contributed by atoms with Gasteiger partial charge >= 0.3 is 0 Å². The highest BCUT2D eigenvalue weighted by atomic mass is 19.1. The number of hydrogen-bond donors (Lipinski definition) is 1. The van der Waals surface area contributed by atoms with Gasteiger partial charge in [0.05, 0.1) is 6.61 Å². The molecule has 0 aromatic heterocycles. The molecule has 0 aliphatic carbocycles. The normalized spacial score (nSPS) is 14.9. The minimum Gasteiger partial charge on any atom is -0.383 e. The van der Waals surface area contributed by atoms with Gasteiger partial charge in [-0.15, -0.1) is 0 Å². The van der Waals surface area contributed by atoms with Crippen molar-refractivity contribution in [3.63, 3.8) is 0 Å². The lowest BCUT2D eigenvalue weighted by Crippen LogP contribution is -2.32. The largest absolute Gasteiger partial charge is 0.383 e. The zero-order chi connectivity index (χ0) is 11.3. The Bertz CT molecular complexity index is 303. The minimum atomic E-state index is -0.165. The van der Waals surface area contributed by atoms with Gasteiger partial charge in [0.25, 0.3) is 0 Å². The Balaban J connectivity index is 2.61. The lowest BCUT2D eigenvalue weighted by molar-refractivity contribution is 0.167. The average molecular weight is 211 g/mol. The first-order chi connectivity index (χ1) is 7.15. The van der Waals surface area contributed by atoms with Crippen molar-refractivity contribution in [1.82, 2.24) is 5.32 Å². The lowest BCUT2D eigenvalue weighted by atomic mass is 10.1. The first-order valence-corrected chi connectivity index (χ1v) is 5.14. The molecule has 1 aromatic rings. The third-order valence-corrected chi connectivity index (χ3v) is 2.32. The summed E-state index contributed by atoms with van der Waals surface area (Å²) in [6.45, 7) is 4.59. The maximum atomic E-state index is 13.4. The Hall–Kier alpha value is -0.930. The topological polar surface area (TPSA) is 21.3 Å². The number of nitrogens with one attached hydrogen (secondary N) is 1. The van der Waals surface area contributed by atoms with E-state index in [2.05, 4.69) is 5.32 Å². The van der Waals surface area contributed by atoms with Crippen molar-refractivity contribution in [2.75, 3.05) is 13.7 Å². The first-order valence-electron chi connectivity index (χ1n) is 5.14. The van der Waals surface area contributed by atoms with Gasteiger partial charge in [-0.3, -0.25) is 0 Å². The summed E-state index contributed by atoms with van der Waals surface area (Å²) in [6, 6.07) is 7.03. The Kier molecular flexibility index (Phi) is 4.72. The smallest absolute Gasteiger partial charge is 0.127 e. The van der Waals surface area contributed by atoms with Gasteiger partial charge in [-0.1, -0.05) is 18.2 Å². The van der Waals surface area contributed by atoms with E-state index in [-0.39, 0.29) is 17.9 Å². The number of hydrogen-bond acceptors (Lipinski definition) is 2. The number of halogens is 1. The van der Waals surface area contributed by atoms with E-state index in [0.717, 1.165) is 0 Å². The van der Waals surface area contributed by atoms with E-state index in [1.807, 2.05) is 19.9 Å². The summed E-state index contributed by atoms with van der Waals surface area (Å²) in [6.07, 6.45) is 0. The molecule has 15 heavy (non-hydrogen) atoms. The van der Waals surface area contributed by atoms with Crippen LogP contribution in [-0.2, 0) is 4.74 Å². The molecule has 0 saturated heterocycles. The van der Waals surface area contributed by atoms with Crippen molar-refractivity contribution in [3.05, 3.63) is 35.6 Å². The van der Waals surface area contributed by atoms with Crippen LogP contribution in [0.3, 0.4) is 0 Å². The van der Waals surface area contributed by atoms with E-state index in [1.54, 1.807) is 19.2 Å². The van der Waals surface area contributed by atoms with Crippen LogP contribution >= 0.6 is 0 Å². The molecule has 0 amide bonds. The molecule has 0 aliphatic rings. The van der Waals surface area contributed by atoms with E-state index >= 15 is 0 Å². The molecule has 0 aliphatic heterocycles. The van der Waals surface area contributed by atoms with Crippen LogP contribution in [0, 0.1) is 5.82 Å². The van der Waals surface area contributed by atoms with Gasteiger partial charge in [-0.2, -0.15) is 0 Å². The molecule has 0 unspecified atom stereocenters. The fourth-order valence-corrected chi connectivity index (χ4v) is 1.64. The Morgan fingerprint density at radius 2 is 2.00 bits per heavy atom. The number of ether oxygens (including phenoxy) is 1. The molecule has 1 aromatic carbocycles. The molecule has 84 valence electrons. The molecule has 0 bridgehead atoms. The monoisotopic (exact) mass is 211 g/mol.